The summed E-state index contributed by atoms with van der Waals surface area (Å²) in [4.78, 5) is 0. The number of ether oxygens (including phenoxy) is 2. The lowest BCUT2D eigenvalue weighted by molar-refractivity contribution is -0.186. The fraction of sp³-hybridized carbons (Fsp3) is 1.00. The summed E-state index contributed by atoms with van der Waals surface area (Å²) in [6, 6.07) is 0. The molecule has 0 aromatic carbocycles. The first-order valence-corrected chi connectivity index (χ1v) is 4.10. The van der Waals surface area contributed by atoms with Crippen molar-refractivity contribution in [3.05, 3.63) is 0 Å². The smallest absolute Gasteiger partial charge is 0.157 e. The van der Waals surface area contributed by atoms with E-state index >= 15 is 0 Å². The highest BCUT2D eigenvalue weighted by atomic mass is 16.7. The van der Waals surface area contributed by atoms with Crippen LogP contribution in [0.5, 0.6) is 0 Å². The Kier molecular flexibility index (Phi) is 3.16. The van der Waals surface area contributed by atoms with Crippen LogP contribution in [0.25, 0.3) is 0 Å². The van der Waals surface area contributed by atoms with E-state index in [0.717, 1.165) is 13.0 Å². The Morgan fingerprint density at radius 1 is 1.50 bits per heavy atom. The van der Waals surface area contributed by atoms with Gasteiger partial charge in [-0.2, -0.15) is 0 Å². The predicted octanol–water partition coefficient (Wildman–Crippen LogP) is 1.94. The zero-order valence-corrected chi connectivity index (χ0v) is 6.80. The van der Waals surface area contributed by atoms with E-state index in [2.05, 4.69) is 6.92 Å². The van der Waals surface area contributed by atoms with Crippen molar-refractivity contribution in [2.45, 2.75) is 45.5 Å². The molecule has 0 N–H and O–H groups in total. The Labute approximate surface area is 62.5 Å². The molecule has 1 rings (SSSR count). The molecule has 1 heterocycles. The lowest BCUT2D eigenvalue weighted by Crippen LogP contribution is -2.27. The average Bonchev–Trinajstić information content (AvgIpc) is 1.88. The molecule has 0 amide bonds. The average molecular weight is 144 g/mol. The van der Waals surface area contributed by atoms with Crippen LogP contribution in [0.2, 0.25) is 0 Å². The van der Waals surface area contributed by atoms with Crippen molar-refractivity contribution in [2.75, 3.05) is 6.61 Å². The molecule has 60 valence electrons. The van der Waals surface area contributed by atoms with Crippen LogP contribution < -0.4 is 0 Å². The topological polar surface area (TPSA) is 18.5 Å². The van der Waals surface area contributed by atoms with E-state index < -0.39 is 0 Å². The third-order valence-corrected chi connectivity index (χ3v) is 1.79. The number of hydrogen-bond acceptors (Lipinski definition) is 2. The maximum absolute atomic E-state index is 5.50. The molecule has 0 saturated carbocycles. The number of hydrogen-bond donors (Lipinski definition) is 0. The maximum Gasteiger partial charge on any atom is 0.157 e. The van der Waals surface area contributed by atoms with Gasteiger partial charge in [0.15, 0.2) is 6.29 Å². The van der Waals surface area contributed by atoms with Crippen molar-refractivity contribution in [3.8, 4) is 0 Å². The maximum atomic E-state index is 5.50. The SMILES string of the molecule is CCO[C@H]1CCC[C@H](C)O1. The molecular formula is C8H16O2. The van der Waals surface area contributed by atoms with Gasteiger partial charge in [-0.05, 0) is 33.1 Å². The Bertz CT molecular complexity index is 91.3. The van der Waals surface area contributed by atoms with Crippen LogP contribution in [0.15, 0.2) is 0 Å². The van der Waals surface area contributed by atoms with Crippen molar-refractivity contribution in [3.63, 3.8) is 0 Å². The summed E-state index contributed by atoms with van der Waals surface area (Å²) in [7, 11) is 0. The fourth-order valence-electron chi connectivity index (χ4n) is 1.28. The van der Waals surface area contributed by atoms with Crippen molar-refractivity contribution in [1.29, 1.82) is 0 Å². The zero-order valence-electron chi connectivity index (χ0n) is 6.80. The molecule has 0 spiro atoms. The quantitative estimate of drug-likeness (QED) is 0.589. The normalized spacial score (nSPS) is 34.2. The van der Waals surface area contributed by atoms with Gasteiger partial charge in [-0.15, -0.1) is 0 Å². The summed E-state index contributed by atoms with van der Waals surface area (Å²) in [5.41, 5.74) is 0. The first-order chi connectivity index (χ1) is 4.83. The van der Waals surface area contributed by atoms with Gasteiger partial charge in [-0.25, -0.2) is 0 Å². The molecular weight excluding hydrogens is 128 g/mol. The number of rotatable bonds is 2. The Hall–Kier alpha value is -0.0800. The highest BCUT2D eigenvalue weighted by molar-refractivity contribution is 4.60. The van der Waals surface area contributed by atoms with Gasteiger partial charge in [-0.1, -0.05) is 0 Å². The van der Waals surface area contributed by atoms with Gasteiger partial charge in [0.25, 0.3) is 0 Å². The van der Waals surface area contributed by atoms with Crippen molar-refractivity contribution in [2.24, 2.45) is 0 Å². The summed E-state index contributed by atoms with van der Waals surface area (Å²) >= 11 is 0. The molecule has 1 aliphatic rings. The third kappa shape index (κ3) is 2.27. The van der Waals surface area contributed by atoms with Crippen LogP contribution in [0.3, 0.4) is 0 Å². The van der Waals surface area contributed by atoms with Gasteiger partial charge >= 0.3 is 0 Å². The minimum absolute atomic E-state index is 0.0775. The first kappa shape index (κ1) is 8.02. The Balaban J connectivity index is 2.18. The molecule has 0 aromatic rings. The molecule has 1 saturated heterocycles. The molecule has 0 radical (unpaired) electrons. The molecule has 0 bridgehead atoms. The molecule has 2 nitrogen and oxygen atoms in total. The molecule has 0 unspecified atom stereocenters. The largest absolute Gasteiger partial charge is 0.353 e. The molecule has 2 atom stereocenters. The van der Waals surface area contributed by atoms with Gasteiger partial charge in [0.2, 0.25) is 0 Å². The fourth-order valence-corrected chi connectivity index (χ4v) is 1.28. The highest BCUT2D eigenvalue weighted by Crippen LogP contribution is 2.18. The van der Waals surface area contributed by atoms with Crippen LogP contribution in [-0.2, 0) is 9.47 Å². The molecule has 2 heteroatoms. The molecule has 0 aliphatic carbocycles. The van der Waals surface area contributed by atoms with E-state index in [0.29, 0.717) is 6.10 Å². The minimum atomic E-state index is 0.0775. The summed E-state index contributed by atoms with van der Waals surface area (Å²) in [6.45, 7) is 4.87. The van der Waals surface area contributed by atoms with Crippen molar-refractivity contribution < 1.29 is 9.47 Å². The Morgan fingerprint density at radius 3 is 2.90 bits per heavy atom. The van der Waals surface area contributed by atoms with Crippen LogP contribution in [0.4, 0.5) is 0 Å². The van der Waals surface area contributed by atoms with Crippen LogP contribution in [0, 0.1) is 0 Å². The van der Waals surface area contributed by atoms with Crippen LogP contribution in [0.1, 0.15) is 33.1 Å². The summed E-state index contributed by atoms with van der Waals surface area (Å²) in [5.74, 6) is 0. The van der Waals surface area contributed by atoms with Gasteiger partial charge in [0.1, 0.15) is 0 Å². The summed E-state index contributed by atoms with van der Waals surface area (Å²) in [6.07, 6.45) is 3.96. The van der Waals surface area contributed by atoms with Crippen molar-refractivity contribution in [1.82, 2.24) is 0 Å². The lowest BCUT2D eigenvalue weighted by Gasteiger charge is -2.27. The van der Waals surface area contributed by atoms with Crippen molar-refractivity contribution >= 4 is 0 Å². The van der Waals surface area contributed by atoms with Gasteiger partial charge in [0, 0.05) is 6.61 Å². The third-order valence-electron chi connectivity index (χ3n) is 1.79. The lowest BCUT2D eigenvalue weighted by atomic mass is 10.1. The molecule has 1 fully saturated rings. The Morgan fingerprint density at radius 2 is 2.30 bits per heavy atom. The second-order valence-corrected chi connectivity index (χ2v) is 2.76. The summed E-state index contributed by atoms with van der Waals surface area (Å²) in [5, 5.41) is 0. The molecule has 10 heavy (non-hydrogen) atoms. The first-order valence-electron chi connectivity index (χ1n) is 4.10. The van der Waals surface area contributed by atoms with E-state index in [1.54, 1.807) is 0 Å². The highest BCUT2D eigenvalue weighted by Gasteiger charge is 2.18. The van der Waals surface area contributed by atoms with Crippen LogP contribution >= 0.6 is 0 Å². The van der Waals surface area contributed by atoms with E-state index in [1.165, 1.54) is 12.8 Å². The van der Waals surface area contributed by atoms with E-state index in [1.807, 2.05) is 6.92 Å². The standard InChI is InChI=1S/C8H16O2/c1-3-9-8-6-4-5-7(2)10-8/h7-8H,3-6H2,1-2H3/t7-,8+/m0/s1. The molecule has 0 aromatic heterocycles. The van der Waals surface area contributed by atoms with Gasteiger partial charge in [0.05, 0.1) is 6.10 Å². The minimum Gasteiger partial charge on any atom is -0.353 e. The van der Waals surface area contributed by atoms with E-state index in [4.69, 9.17) is 9.47 Å². The van der Waals surface area contributed by atoms with E-state index in [-0.39, 0.29) is 6.29 Å². The second kappa shape index (κ2) is 3.94. The van der Waals surface area contributed by atoms with E-state index in [9.17, 15) is 0 Å². The summed E-state index contributed by atoms with van der Waals surface area (Å²) < 4.78 is 10.8. The predicted molar refractivity (Wildman–Crippen MR) is 39.8 cm³/mol. The monoisotopic (exact) mass is 144 g/mol. The second-order valence-electron chi connectivity index (χ2n) is 2.76. The van der Waals surface area contributed by atoms with Crippen LogP contribution in [-0.4, -0.2) is 19.0 Å². The zero-order chi connectivity index (χ0) is 7.40. The molecule has 1 aliphatic heterocycles. The van der Waals surface area contributed by atoms with Gasteiger partial charge in [-0.3, -0.25) is 0 Å². The van der Waals surface area contributed by atoms with Gasteiger partial charge < -0.3 is 9.47 Å².